The molecule has 0 aliphatic heterocycles. The van der Waals surface area contributed by atoms with Gasteiger partial charge in [0.1, 0.15) is 0 Å². The van der Waals surface area contributed by atoms with Crippen LogP contribution in [0, 0.1) is 0 Å². The van der Waals surface area contributed by atoms with Crippen molar-refractivity contribution in [1.29, 1.82) is 0 Å². The van der Waals surface area contributed by atoms with Gasteiger partial charge in [-0.3, -0.25) is 4.70 Å². The maximum atomic E-state index is 10.2. The van der Waals surface area contributed by atoms with E-state index in [2.05, 4.69) is 4.40 Å². The molecular weight excluding hydrogens is 149 g/mol. The first-order chi connectivity index (χ1) is 3.62. The van der Waals surface area contributed by atoms with Crippen LogP contribution in [0.1, 0.15) is 6.92 Å². The van der Waals surface area contributed by atoms with Crippen LogP contribution in [-0.4, -0.2) is 20.3 Å². The molecule has 0 fully saturated rings. The van der Waals surface area contributed by atoms with Crippen LogP contribution in [0.2, 0.25) is 0 Å². The Morgan fingerprint density at radius 3 is 2.11 bits per heavy atom. The van der Waals surface area contributed by atoms with Crippen molar-refractivity contribution < 1.29 is 17.9 Å². The van der Waals surface area contributed by atoms with Crippen LogP contribution >= 0.6 is 0 Å². The van der Waals surface area contributed by atoms with Crippen LogP contribution in [0.3, 0.4) is 0 Å². The van der Waals surface area contributed by atoms with E-state index in [1.165, 1.54) is 6.92 Å². The third-order valence-electron chi connectivity index (χ3n) is 0.541. The lowest BCUT2D eigenvalue weighted by Crippen LogP contribution is -1.96. The molecule has 0 aliphatic carbocycles. The smallest absolute Gasteiger partial charge is 0.263 e. The normalized spacial score (nSPS) is 9.00. The van der Waals surface area contributed by atoms with E-state index >= 15 is 0 Å². The van der Waals surface area contributed by atoms with Gasteiger partial charge < -0.3 is 0 Å². The standard InChI is InChI=1S/C3H5NO3S.FH/c1-2-8(6,7)4-3-5;/h2H2,1H3;1H. The van der Waals surface area contributed by atoms with Crippen molar-refractivity contribution >= 4 is 16.1 Å². The maximum absolute atomic E-state index is 10.2. The van der Waals surface area contributed by atoms with Crippen molar-refractivity contribution in [3.05, 3.63) is 0 Å². The highest BCUT2D eigenvalue weighted by Gasteiger charge is 1.99. The van der Waals surface area contributed by atoms with Crippen molar-refractivity contribution in [1.82, 2.24) is 0 Å². The van der Waals surface area contributed by atoms with Crippen LogP contribution in [0.15, 0.2) is 4.40 Å². The summed E-state index contributed by atoms with van der Waals surface area (Å²) < 4.78 is 22.9. The van der Waals surface area contributed by atoms with Crippen LogP contribution in [0.4, 0.5) is 4.70 Å². The number of halogens is 1. The summed E-state index contributed by atoms with van der Waals surface area (Å²) in [6.07, 6.45) is 0.946. The van der Waals surface area contributed by atoms with E-state index in [0.717, 1.165) is 6.08 Å². The fourth-order valence-electron chi connectivity index (χ4n) is 0.121. The molecule has 0 spiro atoms. The van der Waals surface area contributed by atoms with E-state index in [1.54, 1.807) is 0 Å². The number of hydrogen-bond acceptors (Lipinski definition) is 3. The lowest BCUT2D eigenvalue weighted by molar-refractivity contribution is 0.563. The van der Waals surface area contributed by atoms with Gasteiger partial charge >= 0.3 is 0 Å². The van der Waals surface area contributed by atoms with E-state index in [1.807, 2.05) is 0 Å². The fraction of sp³-hybridized carbons (Fsp3) is 0.667. The molecular formula is C3H6FNO3S. The molecule has 0 aromatic rings. The minimum atomic E-state index is -3.47. The molecule has 0 saturated heterocycles. The molecule has 0 aliphatic rings. The molecule has 0 radical (unpaired) electrons. The van der Waals surface area contributed by atoms with Crippen molar-refractivity contribution in [2.45, 2.75) is 6.92 Å². The van der Waals surface area contributed by atoms with Crippen LogP contribution in [0.5, 0.6) is 0 Å². The summed E-state index contributed by atoms with van der Waals surface area (Å²) in [7, 11) is -3.47. The topological polar surface area (TPSA) is 63.6 Å². The summed E-state index contributed by atoms with van der Waals surface area (Å²) in [5.74, 6) is -0.151. The molecule has 0 heterocycles. The monoisotopic (exact) mass is 155 g/mol. The maximum Gasteiger partial charge on any atom is 0.263 e. The molecule has 6 heteroatoms. The number of nitrogens with zero attached hydrogens (tertiary/aromatic N) is 1. The van der Waals surface area contributed by atoms with Crippen molar-refractivity contribution in [2.75, 3.05) is 5.75 Å². The van der Waals surface area contributed by atoms with Gasteiger partial charge in [-0.2, -0.15) is 0 Å². The van der Waals surface area contributed by atoms with Gasteiger partial charge in [-0.1, -0.05) is 4.40 Å². The Hall–Kier alpha value is -0.740. The highest BCUT2D eigenvalue weighted by atomic mass is 32.2. The van der Waals surface area contributed by atoms with Gasteiger partial charge in [-0.25, -0.2) is 13.2 Å². The number of isocyanates is 1. The zero-order chi connectivity index (χ0) is 6.62. The summed E-state index contributed by atoms with van der Waals surface area (Å²) in [6.45, 7) is 1.40. The minimum Gasteiger partial charge on any atom is -0.269 e. The number of sulfonamides is 1. The molecule has 0 N–H and O–H groups in total. The average molecular weight is 155 g/mol. The molecule has 0 bridgehead atoms. The predicted octanol–water partition coefficient (Wildman–Crippen LogP) is -0.176. The molecule has 9 heavy (non-hydrogen) atoms. The first-order valence-corrected chi connectivity index (χ1v) is 3.55. The number of rotatable bonds is 2. The van der Waals surface area contributed by atoms with Gasteiger partial charge in [-0.15, -0.1) is 0 Å². The molecule has 4 nitrogen and oxygen atoms in total. The zero-order valence-corrected chi connectivity index (χ0v) is 5.51. The first-order valence-electron chi connectivity index (χ1n) is 1.94. The summed E-state index contributed by atoms with van der Waals surface area (Å²) in [5.41, 5.74) is 0. The molecule has 0 amide bonds. The summed E-state index contributed by atoms with van der Waals surface area (Å²) in [6, 6.07) is 0. The second kappa shape index (κ2) is 4.17. The zero-order valence-electron chi connectivity index (χ0n) is 4.70. The highest BCUT2D eigenvalue weighted by Crippen LogP contribution is 1.85. The second-order valence-corrected chi connectivity index (χ2v) is 2.98. The van der Waals surface area contributed by atoms with Gasteiger partial charge in [0.2, 0.25) is 0 Å². The highest BCUT2D eigenvalue weighted by molar-refractivity contribution is 7.90. The predicted molar refractivity (Wildman–Crippen MR) is 30.1 cm³/mol. The number of hydrogen-bond donors (Lipinski definition) is 0. The molecule has 0 rings (SSSR count). The van der Waals surface area contributed by atoms with Gasteiger partial charge in [0.05, 0.1) is 5.75 Å². The summed E-state index contributed by atoms with van der Waals surface area (Å²) >= 11 is 0. The van der Waals surface area contributed by atoms with Crippen LogP contribution < -0.4 is 0 Å². The van der Waals surface area contributed by atoms with Crippen LogP contribution in [0.25, 0.3) is 0 Å². The fourth-order valence-corrected chi connectivity index (χ4v) is 0.364. The average Bonchev–Trinajstić information content (AvgIpc) is 1.67. The van der Waals surface area contributed by atoms with Crippen molar-refractivity contribution in [3.8, 4) is 0 Å². The molecule has 54 valence electrons. The molecule has 0 atom stereocenters. The lowest BCUT2D eigenvalue weighted by atomic mass is 11.0. The Morgan fingerprint density at radius 1 is 1.56 bits per heavy atom. The largest absolute Gasteiger partial charge is 0.269 e. The Labute approximate surface area is 52.0 Å². The SMILES string of the molecule is CCS(=O)(=O)N=C=O.F. The van der Waals surface area contributed by atoms with Gasteiger partial charge in [-0.05, 0) is 6.92 Å². The van der Waals surface area contributed by atoms with Gasteiger partial charge in [0.25, 0.3) is 16.1 Å². The molecule has 0 unspecified atom stereocenters. The first kappa shape index (κ1) is 11.1. The minimum absolute atomic E-state index is 0. The Balaban J connectivity index is 0. The lowest BCUT2D eigenvalue weighted by Gasteiger charge is -1.81. The van der Waals surface area contributed by atoms with Crippen LogP contribution in [-0.2, 0) is 14.8 Å². The summed E-state index contributed by atoms with van der Waals surface area (Å²) in [4.78, 5) is 9.31. The Morgan fingerprint density at radius 2 is 2.00 bits per heavy atom. The molecule has 0 aromatic heterocycles. The molecule has 0 saturated carbocycles. The summed E-state index contributed by atoms with van der Waals surface area (Å²) in [5, 5.41) is 0. The Bertz CT molecular complexity index is 203. The van der Waals surface area contributed by atoms with Gasteiger partial charge in [0, 0.05) is 0 Å². The third-order valence-corrected chi connectivity index (χ3v) is 1.62. The van der Waals surface area contributed by atoms with E-state index in [9.17, 15) is 13.2 Å². The Kier molecular flexibility index (Phi) is 5.15. The van der Waals surface area contributed by atoms with E-state index in [0.29, 0.717) is 0 Å². The van der Waals surface area contributed by atoms with Crippen molar-refractivity contribution in [2.24, 2.45) is 4.40 Å². The molecule has 0 aromatic carbocycles. The van der Waals surface area contributed by atoms with E-state index in [-0.39, 0.29) is 10.5 Å². The van der Waals surface area contributed by atoms with E-state index in [4.69, 9.17) is 0 Å². The number of carbonyl (C=O) groups excluding carboxylic acids is 1. The quantitative estimate of drug-likeness (QED) is 0.410. The van der Waals surface area contributed by atoms with E-state index < -0.39 is 10.0 Å². The van der Waals surface area contributed by atoms with Crippen molar-refractivity contribution in [3.63, 3.8) is 0 Å². The third kappa shape index (κ3) is 5.13. The van der Waals surface area contributed by atoms with Gasteiger partial charge in [0.15, 0.2) is 0 Å². The second-order valence-electron chi connectivity index (χ2n) is 1.05.